The lowest BCUT2D eigenvalue weighted by molar-refractivity contribution is 0.392. The summed E-state index contributed by atoms with van der Waals surface area (Å²) < 4.78 is 5.09. The summed E-state index contributed by atoms with van der Waals surface area (Å²) in [4.78, 5) is 0. The summed E-state index contributed by atoms with van der Waals surface area (Å²) in [5, 5.41) is 16.0. The Balaban J connectivity index is 2.19. The van der Waals surface area contributed by atoms with Gasteiger partial charge in [0.1, 0.15) is 11.8 Å². The van der Waals surface area contributed by atoms with Crippen LogP contribution in [0.4, 0.5) is 11.4 Å². The highest BCUT2D eigenvalue weighted by atomic mass is 16.5. The molecule has 0 aliphatic rings. The molecule has 3 N–H and O–H groups in total. The summed E-state index contributed by atoms with van der Waals surface area (Å²) >= 11 is 0. The van der Waals surface area contributed by atoms with Gasteiger partial charge in [0.2, 0.25) is 0 Å². The van der Waals surface area contributed by atoms with Crippen molar-refractivity contribution in [2.24, 2.45) is 0 Å². The molecule has 0 amide bonds. The maximum absolute atomic E-state index is 8.90. The highest BCUT2D eigenvalue weighted by Gasteiger charge is 2.10. The first-order chi connectivity index (χ1) is 8.63. The van der Waals surface area contributed by atoms with Gasteiger partial charge in [-0.25, -0.2) is 0 Å². The normalized spacial score (nSPS) is 10.1. The van der Waals surface area contributed by atoms with Crippen LogP contribution in [0, 0.1) is 25.2 Å². The maximum Gasteiger partial charge on any atom is 0.138 e. The lowest BCUT2D eigenvalue weighted by Gasteiger charge is -2.09. The molecule has 0 saturated heterocycles. The van der Waals surface area contributed by atoms with Crippen molar-refractivity contribution >= 4 is 11.4 Å². The SMILES string of the molecule is Cc1noc(C)c1CNc1cccc(C#N)c1N. The van der Waals surface area contributed by atoms with Crippen molar-refractivity contribution in [3.63, 3.8) is 0 Å². The number of anilines is 2. The zero-order valence-corrected chi connectivity index (χ0v) is 10.3. The van der Waals surface area contributed by atoms with Crippen LogP contribution in [0.25, 0.3) is 0 Å². The van der Waals surface area contributed by atoms with Crippen LogP contribution in [0.1, 0.15) is 22.6 Å². The van der Waals surface area contributed by atoms with E-state index in [-0.39, 0.29) is 0 Å². The topological polar surface area (TPSA) is 87.9 Å². The van der Waals surface area contributed by atoms with Crippen molar-refractivity contribution in [2.45, 2.75) is 20.4 Å². The molecule has 2 rings (SSSR count). The molecular formula is C13H14N4O. The third-order valence-corrected chi connectivity index (χ3v) is 2.86. The molecule has 1 aromatic heterocycles. The van der Waals surface area contributed by atoms with Crippen molar-refractivity contribution in [3.8, 4) is 6.07 Å². The third kappa shape index (κ3) is 2.13. The summed E-state index contributed by atoms with van der Waals surface area (Å²) in [5.41, 5.74) is 9.43. The molecule has 5 heteroatoms. The molecule has 18 heavy (non-hydrogen) atoms. The average Bonchev–Trinajstić information content (AvgIpc) is 2.68. The third-order valence-electron chi connectivity index (χ3n) is 2.86. The first kappa shape index (κ1) is 12.0. The molecule has 0 unspecified atom stereocenters. The quantitative estimate of drug-likeness (QED) is 0.806. The number of nitrogen functional groups attached to an aromatic ring is 1. The van der Waals surface area contributed by atoms with Crippen molar-refractivity contribution in [1.29, 1.82) is 5.26 Å². The fourth-order valence-corrected chi connectivity index (χ4v) is 1.75. The summed E-state index contributed by atoms with van der Waals surface area (Å²) in [5.74, 6) is 0.787. The van der Waals surface area contributed by atoms with Gasteiger partial charge in [0.15, 0.2) is 0 Å². The Kier molecular flexibility index (Phi) is 3.20. The number of nitriles is 1. The molecule has 5 nitrogen and oxygen atoms in total. The predicted octanol–water partition coefficient (Wildman–Crippen LogP) is 2.36. The number of hydrogen-bond donors (Lipinski definition) is 2. The second-order valence-corrected chi connectivity index (χ2v) is 4.03. The van der Waals surface area contributed by atoms with E-state index in [1.807, 2.05) is 19.9 Å². The fourth-order valence-electron chi connectivity index (χ4n) is 1.75. The molecule has 0 spiro atoms. The van der Waals surface area contributed by atoms with Gasteiger partial charge in [-0.1, -0.05) is 11.2 Å². The number of nitrogens with zero attached hydrogens (tertiary/aromatic N) is 2. The van der Waals surface area contributed by atoms with Crippen LogP contribution in [-0.2, 0) is 6.54 Å². The Morgan fingerprint density at radius 3 is 2.83 bits per heavy atom. The van der Waals surface area contributed by atoms with Gasteiger partial charge in [0.05, 0.1) is 22.6 Å². The van der Waals surface area contributed by atoms with E-state index in [4.69, 9.17) is 15.5 Å². The van der Waals surface area contributed by atoms with E-state index < -0.39 is 0 Å². The predicted molar refractivity (Wildman–Crippen MR) is 68.9 cm³/mol. The molecule has 0 saturated carbocycles. The van der Waals surface area contributed by atoms with Gasteiger partial charge >= 0.3 is 0 Å². The number of rotatable bonds is 3. The molecule has 2 aromatic rings. The van der Waals surface area contributed by atoms with Crippen LogP contribution in [0.3, 0.4) is 0 Å². The Morgan fingerprint density at radius 1 is 1.44 bits per heavy atom. The van der Waals surface area contributed by atoms with Gasteiger partial charge in [-0.15, -0.1) is 0 Å². The van der Waals surface area contributed by atoms with Crippen LogP contribution < -0.4 is 11.1 Å². The molecule has 0 aliphatic carbocycles. The lowest BCUT2D eigenvalue weighted by Crippen LogP contribution is -2.05. The number of nitrogens with two attached hydrogens (primary N) is 1. The van der Waals surface area contributed by atoms with Gasteiger partial charge in [0, 0.05) is 12.1 Å². The molecular weight excluding hydrogens is 228 g/mol. The Bertz CT molecular complexity index is 590. The fraction of sp³-hybridized carbons (Fsp3) is 0.231. The summed E-state index contributed by atoms with van der Waals surface area (Å²) in [6.45, 7) is 4.33. The zero-order chi connectivity index (χ0) is 13.1. The molecule has 0 bridgehead atoms. The van der Waals surface area contributed by atoms with Crippen LogP contribution in [0.5, 0.6) is 0 Å². The molecule has 0 atom stereocenters. The first-order valence-electron chi connectivity index (χ1n) is 5.57. The summed E-state index contributed by atoms with van der Waals surface area (Å²) in [6, 6.07) is 7.38. The number of aromatic nitrogens is 1. The van der Waals surface area contributed by atoms with Crippen LogP contribution in [-0.4, -0.2) is 5.16 Å². The largest absolute Gasteiger partial charge is 0.396 e. The standard InChI is InChI=1S/C13H14N4O/c1-8-11(9(2)18-17-8)7-16-12-5-3-4-10(6-14)13(12)15/h3-5,16H,7,15H2,1-2H3. The van der Waals surface area contributed by atoms with Crippen molar-refractivity contribution in [2.75, 3.05) is 11.1 Å². The smallest absolute Gasteiger partial charge is 0.138 e. The molecule has 0 aliphatic heterocycles. The van der Waals surface area contributed by atoms with Crippen molar-refractivity contribution in [3.05, 3.63) is 40.8 Å². The molecule has 1 aromatic carbocycles. The molecule has 1 heterocycles. The van der Waals surface area contributed by atoms with Crippen molar-refractivity contribution in [1.82, 2.24) is 5.16 Å². The van der Waals surface area contributed by atoms with E-state index in [0.29, 0.717) is 17.8 Å². The number of para-hydroxylation sites is 1. The van der Waals surface area contributed by atoms with E-state index >= 15 is 0 Å². The van der Waals surface area contributed by atoms with Crippen LogP contribution >= 0.6 is 0 Å². The number of hydrogen-bond acceptors (Lipinski definition) is 5. The Labute approximate surface area is 105 Å². The average molecular weight is 242 g/mol. The highest BCUT2D eigenvalue weighted by Crippen LogP contribution is 2.23. The minimum Gasteiger partial charge on any atom is -0.396 e. The van der Waals surface area contributed by atoms with Gasteiger partial charge in [-0.2, -0.15) is 5.26 Å². The molecule has 0 fully saturated rings. The second-order valence-electron chi connectivity index (χ2n) is 4.03. The Morgan fingerprint density at radius 2 is 2.22 bits per heavy atom. The number of benzene rings is 1. The zero-order valence-electron chi connectivity index (χ0n) is 10.3. The summed E-state index contributed by atoms with van der Waals surface area (Å²) in [7, 11) is 0. The Hall–Kier alpha value is -2.48. The maximum atomic E-state index is 8.90. The minimum absolute atomic E-state index is 0.465. The van der Waals surface area contributed by atoms with Gasteiger partial charge < -0.3 is 15.6 Å². The number of aryl methyl sites for hydroxylation is 2. The van der Waals surface area contributed by atoms with E-state index in [0.717, 1.165) is 22.7 Å². The highest BCUT2D eigenvalue weighted by molar-refractivity contribution is 5.72. The van der Waals surface area contributed by atoms with Gasteiger partial charge in [-0.3, -0.25) is 0 Å². The second kappa shape index (κ2) is 4.80. The van der Waals surface area contributed by atoms with E-state index in [9.17, 15) is 0 Å². The van der Waals surface area contributed by atoms with E-state index in [1.165, 1.54) is 0 Å². The summed E-state index contributed by atoms with van der Waals surface area (Å²) in [6.07, 6.45) is 0. The first-order valence-corrected chi connectivity index (χ1v) is 5.57. The minimum atomic E-state index is 0.465. The lowest BCUT2D eigenvalue weighted by atomic mass is 10.1. The van der Waals surface area contributed by atoms with E-state index in [1.54, 1.807) is 12.1 Å². The van der Waals surface area contributed by atoms with Gasteiger partial charge in [0.25, 0.3) is 0 Å². The van der Waals surface area contributed by atoms with E-state index in [2.05, 4.69) is 16.5 Å². The van der Waals surface area contributed by atoms with Gasteiger partial charge in [-0.05, 0) is 26.0 Å². The molecule has 0 radical (unpaired) electrons. The number of nitrogens with one attached hydrogen (secondary N) is 1. The van der Waals surface area contributed by atoms with Crippen LogP contribution in [0.2, 0.25) is 0 Å². The van der Waals surface area contributed by atoms with Crippen LogP contribution in [0.15, 0.2) is 22.7 Å². The monoisotopic (exact) mass is 242 g/mol. The van der Waals surface area contributed by atoms with Crippen molar-refractivity contribution < 1.29 is 4.52 Å². The molecule has 92 valence electrons.